The fraction of sp³-hybridized carbons (Fsp3) is 0.0769. The van der Waals surface area contributed by atoms with Crippen LogP contribution in [-0.4, -0.2) is 14.5 Å². The number of pyridine rings is 1. The zero-order valence-corrected chi connectivity index (χ0v) is 11.1. The Morgan fingerprint density at radius 2 is 1.78 bits per heavy atom. The molecular weight excluding hydrogens is 269 g/mol. The van der Waals surface area contributed by atoms with Crippen molar-refractivity contribution in [3.05, 3.63) is 46.7 Å². The largest absolute Gasteiger partial charge is 0.355 e. The number of aryl methyl sites for hydroxylation is 1. The van der Waals surface area contributed by atoms with Crippen LogP contribution in [0.4, 0.5) is 0 Å². The number of aromatic nitrogens is 3. The second-order valence-electron chi connectivity index (χ2n) is 4.06. The van der Waals surface area contributed by atoms with Crippen molar-refractivity contribution in [3.63, 3.8) is 0 Å². The first-order chi connectivity index (χ1) is 8.63. The van der Waals surface area contributed by atoms with Crippen LogP contribution in [0.1, 0.15) is 0 Å². The Labute approximate surface area is 114 Å². The second kappa shape index (κ2) is 4.26. The average Bonchev–Trinajstić information content (AvgIpc) is 2.75. The summed E-state index contributed by atoms with van der Waals surface area (Å²) in [5.74, 6) is 0.662. The van der Waals surface area contributed by atoms with Crippen molar-refractivity contribution in [1.82, 2.24) is 14.5 Å². The Kier molecular flexibility index (Phi) is 2.73. The molecule has 2 aliphatic rings. The van der Waals surface area contributed by atoms with E-state index in [0.717, 1.165) is 17.0 Å². The number of rotatable bonds is 1. The minimum Gasteiger partial charge on any atom is -0.355 e. The molecule has 0 aliphatic carbocycles. The summed E-state index contributed by atoms with van der Waals surface area (Å²) in [7, 11) is 1.95. The molecule has 0 saturated heterocycles. The minimum absolute atomic E-state index is 0.508. The van der Waals surface area contributed by atoms with E-state index in [1.165, 1.54) is 0 Å². The summed E-state index contributed by atoms with van der Waals surface area (Å²) < 4.78 is 1.94. The Hall–Kier alpha value is -1.58. The third-order valence-electron chi connectivity index (χ3n) is 2.69. The minimum atomic E-state index is 0.508. The van der Waals surface area contributed by atoms with E-state index in [1.54, 1.807) is 12.1 Å². The molecule has 2 aliphatic heterocycles. The summed E-state index contributed by atoms with van der Waals surface area (Å²) in [6, 6.07) is 7.32. The lowest BCUT2D eigenvalue weighted by atomic mass is 10.2. The maximum absolute atomic E-state index is 6.00. The molecular formula is C13H9Cl2N3. The van der Waals surface area contributed by atoms with E-state index in [0.29, 0.717) is 15.9 Å². The monoisotopic (exact) mass is 277 g/mol. The van der Waals surface area contributed by atoms with Crippen LogP contribution in [-0.2, 0) is 7.05 Å². The van der Waals surface area contributed by atoms with Gasteiger partial charge >= 0.3 is 0 Å². The summed E-state index contributed by atoms with van der Waals surface area (Å²) >= 11 is 11.9. The summed E-state index contributed by atoms with van der Waals surface area (Å²) in [6.45, 7) is 0. The van der Waals surface area contributed by atoms with E-state index >= 15 is 0 Å². The lowest BCUT2D eigenvalue weighted by molar-refractivity contribution is 0.901. The van der Waals surface area contributed by atoms with Crippen molar-refractivity contribution in [2.45, 2.75) is 0 Å². The van der Waals surface area contributed by atoms with Crippen molar-refractivity contribution in [3.8, 4) is 22.8 Å². The summed E-state index contributed by atoms with van der Waals surface area (Å²) in [5.41, 5.74) is 2.60. The molecule has 0 amide bonds. The molecule has 1 aromatic rings. The Morgan fingerprint density at radius 3 is 2.56 bits per heavy atom. The Morgan fingerprint density at radius 1 is 1.00 bits per heavy atom. The van der Waals surface area contributed by atoms with Gasteiger partial charge in [0, 0.05) is 25.0 Å². The Bertz CT molecular complexity index is 691. The predicted octanol–water partition coefficient (Wildman–Crippen LogP) is 3.89. The summed E-state index contributed by atoms with van der Waals surface area (Å²) in [6.07, 6.45) is 3.87. The van der Waals surface area contributed by atoms with E-state index < -0.39 is 0 Å². The normalized spacial score (nSPS) is 11.1. The van der Waals surface area contributed by atoms with E-state index in [-0.39, 0.29) is 0 Å². The molecule has 90 valence electrons. The van der Waals surface area contributed by atoms with Crippen molar-refractivity contribution >= 4 is 23.2 Å². The molecule has 2 heterocycles. The van der Waals surface area contributed by atoms with Gasteiger partial charge < -0.3 is 4.57 Å². The smallest absolute Gasteiger partial charge is 0.160 e. The molecule has 0 spiro atoms. The fourth-order valence-corrected chi connectivity index (χ4v) is 2.07. The number of halogens is 2. The van der Waals surface area contributed by atoms with Crippen LogP contribution in [0, 0.1) is 0 Å². The molecule has 5 heteroatoms. The van der Waals surface area contributed by atoms with E-state index in [2.05, 4.69) is 9.97 Å². The van der Waals surface area contributed by atoms with E-state index in [9.17, 15) is 0 Å². The van der Waals surface area contributed by atoms with Gasteiger partial charge in [0.2, 0.25) is 0 Å². The zero-order chi connectivity index (χ0) is 12.7. The first-order valence-electron chi connectivity index (χ1n) is 5.38. The highest BCUT2D eigenvalue weighted by atomic mass is 35.5. The third-order valence-corrected chi connectivity index (χ3v) is 3.43. The van der Waals surface area contributed by atoms with Gasteiger partial charge in [0.1, 0.15) is 5.69 Å². The van der Waals surface area contributed by atoms with Gasteiger partial charge in [-0.25, -0.2) is 9.97 Å². The summed E-state index contributed by atoms with van der Waals surface area (Å²) in [5, 5.41) is 1.04. The van der Waals surface area contributed by atoms with Gasteiger partial charge in [-0.2, -0.15) is 0 Å². The van der Waals surface area contributed by atoms with Gasteiger partial charge in [0.25, 0.3) is 0 Å². The molecule has 1 aromatic carbocycles. The number of imidazole rings is 1. The SMILES string of the molecule is Cn1ccc2nc(-c3ccc(Cl)c(Cl)c3)nc-2c1. The molecule has 3 rings (SSSR count). The van der Waals surface area contributed by atoms with Crippen molar-refractivity contribution in [1.29, 1.82) is 0 Å². The van der Waals surface area contributed by atoms with Crippen LogP contribution in [0.5, 0.6) is 0 Å². The van der Waals surface area contributed by atoms with Gasteiger partial charge in [-0.05, 0) is 24.3 Å². The van der Waals surface area contributed by atoms with Gasteiger partial charge in [-0.1, -0.05) is 23.2 Å². The average molecular weight is 278 g/mol. The maximum Gasteiger partial charge on any atom is 0.160 e. The number of benzene rings is 1. The molecule has 0 fully saturated rings. The number of hydrogen-bond donors (Lipinski definition) is 0. The highest BCUT2D eigenvalue weighted by molar-refractivity contribution is 6.42. The van der Waals surface area contributed by atoms with Crippen LogP contribution in [0.25, 0.3) is 22.8 Å². The fourth-order valence-electron chi connectivity index (χ4n) is 1.77. The van der Waals surface area contributed by atoms with E-state index in [4.69, 9.17) is 23.2 Å². The van der Waals surface area contributed by atoms with E-state index in [1.807, 2.05) is 36.1 Å². The first kappa shape index (κ1) is 11.5. The molecule has 18 heavy (non-hydrogen) atoms. The standard InChI is InChI=1S/C13H9Cl2N3/c1-18-5-4-11-12(7-18)17-13(16-11)8-2-3-9(14)10(15)6-8/h2-7H,1H3. The lowest BCUT2D eigenvalue weighted by Gasteiger charge is -1.98. The molecule has 0 N–H and O–H groups in total. The molecule has 0 radical (unpaired) electrons. The van der Waals surface area contributed by atoms with Crippen LogP contribution in [0.2, 0.25) is 10.0 Å². The van der Waals surface area contributed by atoms with Gasteiger partial charge in [-0.3, -0.25) is 0 Å². The zero-order valence-electron chi connectivity index (χ0n) is 9.56. The predicted molar refractivity (Wildman–Crippen MR) is 73.1 cm³/mol. The van der Waals surface area contributed by atoms with Crippen LogP contribution in [0.15, 0.2) is 36.7 Å². The second-order valence-corrected chi connectivity index (χ2v) is 4.87. The van der Waals surface area contributed by atoms with Crippen molar-refractivity contribution < 1.29 is 0 Å². The van der Waals surface area contributed by atoms with Crippen LogP contribution < -0.4 is 0 Å². The Balaban J connectivity index is 2.14. The van der Waals surface area contributed by atoms with Gasteiger partial charge in [-0.15, -0.1) is 0 Å². The maximum atomic E-state index is 6.00. The topological polar surface area (TPSA) is 30.7 Å². The van der Waals surface area contributed by atoms with Crippen molar-refractivity contribution in [2.75, 3.05) is 0 Å². The molecule has 0 atom stereocenters. The number of hydrogen-bond acceptors (Lipinski definition) is 2. The van der Waals surface area contributed by atoms with Crippen molar-refractivity contribution in [2.24, 2.45) is 7.05 Å². The highest BCUT2D eigenvalue weighted by Gasteiger charge is 2.12. The van der Waals surface area contributed by atoms with Crippen LogP contribution >= 0.6 is 23.2 Å². The molecule has 0 unspecified atom stereocenters. The molecule has 3 nitrogen and oxygen atoms in total. The first-order valence-corrected chi connectivity index (χ1v) is 6.14. The molecule has 0 bridgehead atoms. The summed E-state index contributed by atoms with van der Waals surface area (Å²) in [4.78, 5) is 8.95. The quantitative estimate of drug-likeness (QED) is 0.676. The van der Waals surface area contributed by atoms with Gasteiger partial charge in [0.15, 0.2) is 5.82 Å². The highest BCUT2D eigenvalue weighted by Crippen LogP contribution is 2.29. The third kappa shape index (κ3) is 1.96. The van der Waals surface area contributed by atoms with Crippen LogP contribution in [0.3, 0.4) is 0 Å². The molecule has 0 saturated carbocycles. The lowest BCUT2D eigenvalue weighted by Crippen LogP contribution is -1.90. The number of nitrogens with zero attached hydrogens (tertiary/aromatic N) is 3. The molecule has 0 aromatic heterocycles. The van der Waals surface area contributed by atoms with Gasteiger partial charge in [0.05, 0.1) is 15.7 Å². The number of fused-ring (bicyclic) bond motifs is 1.